The molecule has 0 bridgehead atoms. The van der Waals surface area contributed by atoms with Crippen molar-refractivity contribution in [3.63, 3.8) is 0 Å². The van der Waals surface area contributed by atoms with E-state index in [1.807, 2.05) is 36.4 Å². The van der Waals surface area contributed by atoms with Gasteiger partial charge in [-0.05, 0) is 41.3 Å². The Morgan fingerprint density at radius 1 is 1.25 bits per heavy atom. The van der Waals surface area contributed by atoms with Crippen LogP contribution in [0.15, 0.2) is 36.4 Å². The van der Waals surface area contributed by atoms with Crippen LogP contribution in [0.5, 0.6) is 0 Å². The Hall–Kier alpha value is -3.00. The zero-order valence-corrected chi connectivity index (χ0v) is 13.0. The van der Waals surface area contributed by atoms with Crippen molar-refractivity contribution >= 4 is 22.8 Å². The van der Waals surface area contributed by atoms with Gasteiger partial charge in [-0.25, -0.2) is 9.59 Å². The van der Waals surface area contributed by atoms with Gasteiger partial charge < -0.3 is 10.2 Å². The Morgan fingerprint density at radius 2 is 2.04 bits per heavy atom. The molecule has 1 amide bonds. The van der Waals surface area contributed by atoms with Gasteiger partial charge in [-0.1, -0.05) is 30.2 Å². The summed E-state index contributed by atoms with van der Waals surface area (Å²) in [5.74, 6) is 1.47. The summed E-state index contributed by atoms with van der Waals surface area (Å²) in [6.07, 6.45) is 5.24. The van der Waals surface area contributed by atoms with Crippen LogP contribution < -0.4 is 0 Å². The van der Waals surface area contributed by atoms with E-state index in [1.54, 1.807) is 0 Å². The van der Waals surface area contributed by atoms with Crippen molar-refractivity contribution in [1.29, 1.82) is 0 Å². The maximum atomic E-state index is 12.0. The highest BCUT2D eigenvalue weighted by Crippen LogP contribution is 2.35. The van der Waals surface area contributed by atoms with Crippen LogP contribution in [-0.4, -0.2) is 39.3 Å². The van der Waals surface area contributed by atoms with Crippen LogP contribution in [0.4, 0.5) is 4.79 Å². The van der Waals surface area contributed by atoms with Crippen LogP contribution >= 0.6 is 0 Å². The molecule has 2 aromatic rings. The summed E-state index contributed by atoms with van der Waals surface area (Å²) in [4.78, 5) is 24.5. The lowest BCUT2D eigenvalue weighted by Gasteiger charge is -2.33. The van der Waals surface area contributed by atoms with Crippen LogP contribution in [0, 0.1) is 12.3 Å². The molecule has 1 aliphatic rings. The van der Waals surface area contributed by atoms with E-state index in [0.29, 0.717) is 18.4 Å². The summed E-state index contributed by atoms with van der Waals surface area (Å²) >= 11 is 0. The van der Waals surface area contributed by atoms with Gasteiger partial charge in [-0.15, -0.1) is 6.42 Å². The number of carbonyl (C=O) groups is 2. The van der Waals surface area contributed by atoms with E-state index in [0.717, 1.165) is 21.2 Å². The molecule has 1 atom stereocenters. The molecule has 0 aromatic heterocycles. The van der Waals surface area contributed by atoms with Crippen LogP contribution in [0.1, 0.15) is 24.0 Å². The zero-order valence-electron chi connectivity index (χ0n) is 13.0. The second-order valence-corrected chi connectivity index (χ2v) is 6.05. The quantitative estimate of drug-likeness (QED) is 0.851. The maximum absolute atomic E-state index is 12.0. The number of aliphatic carboxylic acids is 1. The minimum absolute atomic E-state index is 0.125. The van der Waals surface area contributed by atoms with Crippen LogP contribution in [0.3, 0.4) is 0 Å². The van der Waals surface area contributed by atoms with E-state index in [2.05, 4.69) is 5.92 Å². The summed E-state index contributed by atoms with van der Waals surface area (Å²) in [6.45, 7) is 0.238. The first-order chi connectivity index (χ1) is 11.5. The number of carboxylic acid groups (broad SMARTS) is 2. The second-order valence-electron chi connectivity index (χ2n) is 6.05. The number of rotatable bonds is 3. The molecule has 5 heteroatoms. The SMILES string of the molecule is C#Cc1ccc2cccc(C[C@]3(C(=O)O)CCCN3C(=O)O)c2c1. The number of carboxylic acids is 1. The van der Waals surface area contributed by atoms with Gasteiger partial charge >= 0.3 is 12.1 Å². The third-order valence-corrected chi connectivity index (χ3v) is 4.74. The van der Waals surface area contributed by atoms with Gasteiger partial charge in [0.2, 0.25) is 0 Å². The molecule has 2 aromatic carbocycles. The Kier molecular flexibility index (Phi) is 3.90. The lowest BCUT2D eigenvalue weighted by atomic mass is 9.86. The van der Waals surface area contributed by atoms with Crippen molar-refractivity contribution in [3.8, 4) is 12.3 Å². The lowest BCUT2D eigenvalue weighted by molar-refractivity contribution is -0.148. The fourth-order valence-electron chi connectivity index (χ4n) is 3.54. The van der Waals surface area contributed by atoms with E-state index in [1.165, 1.54) is 0 Å². The standard InChI is InChI=1S/C19H17NO4/c1-2-13-7-8-14-5-3-6-15(16(14)11-13)12-19(17(21)22)9-4-10-20(19)18(23)24/h1,3,5-8,11H,4,9-10,12H2,(H,21,22)(H,23,24)/t19-/m0/s1. The van der Waals surface area contributed by atoms with Gasteiger partial charge in [-0.3, -0.25) is 4.90 Å². The Bertz CT molecular complexity index is 867. The summed E-state index contributed by atoms with van der Waals surface area (Å²) in [5.41, 5.74) is 0.0766. The molecule has 1 fully saturated rings. The van der Waals surface area contributed by atoms with Gasteiger partial charge in [0.25, 0.3) is 0 Å². The molecule has 1 heterocycles. The van der Waals surface area contributed by atoms with Gasteiger partial charge in [0.05, 0.1) is 0 Å². The molecule has 0 aliphatic carbocycles. The van der Waals surface area contributed by atoms with Crippen molar-refractivity contribution in [1.82, 2.24) is 4.90 Å². The molecule has 5 nitrogen and oxygen atoms in total. The fraction of sp³-hybridized carbons (Fsp3) is 0.263. The first-order valence-electron chi connectivity index (χ1n) is 7.70. The highest BCUT2D eigenvalue weighted by molar-refractivity contribution is 5.90. The number of hydrogen-bond acceptors (Lipinski definition) is 2. The van der Waals surface area contributed by atoms with E-state index in [9.17, 15) is 19.8 Å². The number of likely N-dealkylation sites (tertiary alicyclic amines) is 1. The van der Waals surface area contributed by atoms with Crippen LogP contribution in [-0.2, 0) is 11.2 Å². The first kappa shape index (κ1) is 15.9. The third-order valence-electron chi connectivity index (χ3n) is 4.74. The van der Waals surface area contributed by atoms with Crippen LogP contribution in [0.2, 0.25) is 0 Å². The lowest BCUT2D eigenvalue weighted by Crippen LogP contribution is -2.54. The fourth-order valence-corrected chi connectivity index (χ4v) is 3.54. The molecule has 0 spiro atoms. The van der Waals surface area contributed by atoms with Gasteiger partial charge in [0, 0.05) is 18.5 Å². The third kappa shape index (κ3) is 2.46. The predicted molar refractivity (Wildman–Crippen MR) is 89.9 cm³/mol. The monoisotopic (exact) mass is 323 g/mol. The average Bonchev–Trinajstić information content (AvgIpc) is 3.00. The molecule has 24 heavy (non-hydrogen) atoms. The number of terminal acetylenes is 1. The molecule has 1 saturated heterocycles. The normalized spacial score (nSPS) is 20.0. The van der Waals surface area contributed by atoms with Crippen molar-refractivity contribution in [3.05, 3.63) is 47.5 Å². The molecule has 0 saturated carbocycles. The van der Waals surface area contributed by atoms with Crippen molar-refractivity contribution in [2.45, 2.75) is 24.8 Å². The first-order valence-corrected chi connectivity index (χ1v) is 7.70. The van der Waals surface area contributed by atoms with E-state index >= 15 is 0 Å². The molecule has 1 aliphatic heterocycles. The minimum atomic E-state index is -1.42. The Labute approximate surface area is 139 Å². The maximum Gasteiger partial charge on any atom is 0.408 e. The predicted octanol–water partition coefficient (Wildman–Crippen LogP) is 2.96. The summed E-state index contributed by atoms with van der Waals surface area (Å²) < 4.78 is 0. The van der Waals surface area contributed by atoms with Crippen molar-refractivity contribution in [2.75, 3.05) is 6.54 Å². The molecule has 0 unspecified atom stereocenters. The van der Waals surface area contributed by atoms with Crippen LogP contribution in [0.25, 0.3) is 10.8 Å². The number of benzene rings is 2. The molecule has 3 rings (SSSR count). The van der Waals surface area contributed by atoms with E-state index < -0.39 is 17.6 Å². The van der Waals surface area contributed by atoms with Crippen molar-refractivity contribution < 1.29 is 19.8 Å². The van der Waals surface area contributed by atoms with Gasteiger partial charge in [-0.2, -0.15) is 0 Å². The molecular weight excluding hydrogens is 306 g/mol. The highest BCUT2D eigenvalue weighted by Gasteiger charge is 2.50. The Balaban J connectivity index is 2.12. The molecule has 122 valence electrons. The number of amides is 1. The summed E-state index contributed by atoms with van der Waals surface area (Å²) in [5, 5.41) is 21.0. The smallest absolute Gasteiger partial charge is 0.408 e. The number of hydrogen-bond donors (Lipinski definition) is 2. The van der Waals surface area contributed by atoms with Crippen molar-refractivity contribution in [2.24, 2.45) is 0 Å². The largest absolute Gasteiger partial charge is 0.479 e. The molecule has 0 radical (unpaired) electrons. The van der Waals surface area contributed by atoms with E-state index in [-0.39, 0.29) is 13.0 Å². The minimum Gasteiger partial charge on any atom is -0.479 e. The topological polar surface area (TPSA) is 77.8 Å². The summed E-state index contributed by atoms with van der Waals surface area (Å²) in [6, 6.07) is 11.2. The molecule has 2 N–H and O–H groups in total. The van der Waals surface area contributed by atoms with Gasteiger partial charge in [0.15, 0.2) is 0 Å². The summed E-state index contributed by atoms with van der Waals surface area (Å²) in [7, 11) is 0. The van der Waals surface area contributed by atoms with Gasteiger partial charge in [0.1, 0.15) is 5.54 Å². The van der Waals surface area contributed by atoms with E-state index in [4.69, 9.17) is 6.42 Å². The number of fused-ring (bicyclic) bond motifs is 1. The zero-order chi connectivity index (χ0) is 17.3. The Morgan fingerprint density at radius 3 is 2.71 bits per heavy atom. The highest BCUT2D eigenvalue weighted by atomic mass is 16.4. The average molecular weight is 323 g/mol. The number of nitrogens with zero attached hydrogens (tertiary/aromatic N) is 1. The second kappa shape index (κ2) is 5.89. The molecular formula is C19H17NO4.